The third-order valence-corrected chi connectivity index (χ3v) is 5.00. The van der Waals surface area contributed by atoms with Crippen molar-refractivity contribution in [3.8, 4) is 0 Å². The zero-order valence-electron chi connectivity index (χ0n) is 14.4. The lowest BCUT2D eigenvalue weighted by atomic mass is 10.00. The molecule has 0 radical (unpaired) electrons. The molecule has 2 fully saturated rings. The lowest BCUT2D eigenvalue weighted by molar-refractivity contribution is -0.139. The second-order valence-corrected chi connectivity index (χ2v) is 6.71. The third kappa shape index (κ3) is 3.43. The van der Waals surface area contributed by atoms with Gasteiger partial charge in [0.05, 0.1) is 31.7 Å². The van der Waals surface area contributed by atoms with Crippen molar-refractivity contribution in [3.05, 3.63) is 47.5 Å². The zero-order chi connectivity index (χ0) is 17.2. The number of ether oxygens (including phenoxy) is 1. The molecular weight excluding hydrogens is 318 g/mol. The van der Waals surface area contributed by atoms with E-state index in [2.05, 4.69) is 44.3 Å². The molecule has 3 heterocycles. The van der Waals surface area contributed by atoms with Crippen LogP contribution in [0.15, 0.2) is 30.3 Å². The molecule has 4 rings (SSSR count). The highest BCUT2D eigenvalue weighted by molar-refractivity contribution is 5.78. The summed E-state index contributed by atoms with van der Waals surface area (Å²) in [5, 5.41) is 6.85. The van der Waals surface area contributed by atoms with Crippen molar-refractivity contribution < 1.29 is 9.53 Å². The second-order valence-electron chi connectivity index (χ2n) is 6.71. The molecule has 7 heteroatoms. The van der Waals surface area contributed by atoms with Gasteiger partial charge in [-0.1, -0.05) is 30.3 Å². The number of hydrogen-bond donors (Lipinski definition) is 1. The summed E-state index contributed by atoms with van der Waals surface area (Å²) >= 11 is 0. The molecule has 132 valence electrons. The number of carbonyl (C=O) groups is 1. The highest BCUT2D eigenvalue weighted by Crippen LogP contribution is 2.29. The quantitative estimate of drug-likeness (QED) is 0.899. The molecule has 1 aromatic carbocycles. The zero-order valence-corrected chi connectivity index (χ0v) is 14.4. The number of H-pyrrole nitrogens is 1. The fourth-order valence-electron chi connectivity index (χ4n) is 3.74. The molecule has 0 unspecified atom stereocenters. The molecule has 0 spiro atoms. The highest BCUT2D eigenvalue weighted by Gasteiger charge is 2.37. The second kappa shape index (κ2) is 6.93. The number of piperazine rings is 1. The number of aromatic amines is 1. The van der Waals surface area contributed by atoms with E-state index in [1.165, 1.54) is 5.56 Å². The molecule has 25 heavy (non-hydrogen) atoms. The molecule has 2 saturated heterocycles. The number of nitrogens with one attached hydrogen (secondary N) is 1. The van der Waals surface area contributed by atoms with E-state index in [4.69, 9.17) is 4.74 Å². The fourth-order valence-corrected chi connectivity index (χ4v) is 3.74. The summed E-state index contributed by atoms with van der Waals surface area (Å²) in [6, 6.07) is 11.0. The standard InChI is InChI=1S/C18H23N5O2/c1-13-19-17(21-20-13)9-18(24)22-7-8-23-15(10-22)11-25-12-16(23)14-5-3-2-4-6-14/h2-6,15-16H,7-12H2,1H3,(H,19,20,21)/t15-,16-/m1/s1. The van der Waals surface area contributed by atoms with E-state index < -0.39 is 0 Å². The van der Waals surface area contributed by atoms with Crippen LogP contribution >= 0.6 is 0 Å². The number of amides is 1. The molecule has 2 aliphatic rings. The van der Waals surface area contributed by atoms with Gasteiger partial charge in [-0.2, -0.15) is 5.10 Å². The Morgan fingerprint density at radius 3 is 2.88 bits per heavy atom. The Bertz CT molecular complexity index is 732. The van der Waals surface area contributed by atoms with E-state index in [1.54, 1.807) is 0 Å². The van der Waals surface area contributed by atoms with Gasteiger partial charge in [-0.25, -0.2) is 4.98 Å². The van der Waals surface area contributed by atoms with Gasteiger partial charge in [-0.15, -0.1) is 0 Å². The van der Waals surface area contributed by atoms with Crippen LogP contribution < -0.4 is 0 Å². The van der Waals surface area contributed by atoms with E-state index in [0.29, 0.717) is 25.6 Å². The molecule has 0 bridgehead atoms. The van der Waals surface area contributed by atoms with Gasteiger partial charge in [0.1, 0.15) is 5.82 Å². The van der Waals surface area contributed by atoms with Crippen molar-refractivity contribution in [1.29, 1.82) is 0 Å². The first kappa shape index (κ1) is 16.2. The van der Waals surface area contributed by atoms with Crippen molar-refractivity contribution in [2.24, 2.45) is 0 Å². The van der Waals surface area contributed by atoms with Gasteiger partial charge in [0.15, 0.2) is 5.82 Å². The maximum Gasteiger partial charge on any atom is 0.230 e. The molecular formula is C18H23N5O2. The summed E-state index contributed by atoms with van der Waals surface area (Å²) in [6.45, 7) is 5.53. The van der Waals surface area contributed by atoms with Gasteiger partial charge in [0, 0.05) is 19.6 Å². The van der Waals surface area contributed by atoms with Crippen LogP contribution in [0.2, 0.25) is 0 Å². The Morgan fingerprint density at radius 1 is 1.28 bits per heavy atom. The Labute approximate surface area is 147 Å². The number of nitrogens with zero attached hydrogens (tertiary/aromatic N) is 4. The minimum Gasteiger partial charge on any atom is -0.378 e. The van der Waals surface area contributed by atoms with Crippen LogP contribution in [0, 0.1) is 6.92 Å². The van der Waals surface area contributed by atoms with Gasteiger partial charge >= 0.3 is 0 Å². The topological polar surface area (TPSA) is 74.3 Å². The van der Waals surface area contributed by atoms with Crippen LogP contribution in [0.5, 0.6) is 0 Å². The summed E-state index contributed by atoms with van der Waals surface area (Å²) in [7, 11) is 0. The molecule has 2 atom stereocenters. The largest absolute Gasteiger partial charge is 0.378 e. The fraction of sp³-hybridized carbons (Fsp3) is 0.500. The van der Waals surface area contributed by atoms with Crippen molar-refractivity contribution >= 4 is 5.91 Å². The van der Waals surface area contributed by atoms with Crippen LogP contribution in [0.3, 0.4) is 0 Å². The molecule has 2 aromatic rings. The van der Waals surface area contributed by atoms with Gasteiger partial charge in [0.25, 0.3) is 0 Å². The van der Waals surface area contributed by atoms with E-state index in [1.807, 2.05) is 17.9 Å². The average molecular weight is 341 g/mol. The molecule has 1 N–H and O–H groups in total. The number of aryl methyl sites for hydroxylation is 1. The lowest BCUT2D eigenvalue weighted by Crippen LogP contribution is -2.60. The molecule has 2 aliphatic heterocycles. The van der Waals surface area contributed by atoms with E-state index in [0.717, 1.165) is 18.9 Å². The molecule has 1 amide bonds. The summed E-state index contributed by atoms with van der Waals surface area (Å²) in [5.41, 5.74) is 1.28. The Morgan fingerprint density at radius 2 is 2.12 bits per heavy atom. The predicted molar refractivity (Wildman–Crippen MR) is 91.9 cm³/mol. The Kier molecular flexibility index (Phi) is 4.50. The molecule has 0 aliphatic carbocycles. The maximum atomic E-state index is 12.6. The Hall–Kier alpha value is -2.25. The smallest absolute Gasteiger partial charge is 0.230 e. The van der Waals surface area contributed by atoms with Crippen LogP contribution in [-0.2, 0) is 16.0 Å². The SMILES string of the molecule is Cc1nc(CC(=O)N2CCN3[C@@H](COC[C@@H]3c3ccccc3)C2)n[nH]1. The summed E-state index contributed by atoms with van der Waals surface area (Å²) in [5.74, 6) is 1.38. The molecule has 7 nitrogen and oxygen atoms in total. The molecule has 1 aromatic heterocycles. The van der Waals surface area contributed by atoms with Crippen molar-refractivity contribution in [1.82, 2.24) is 25.0 Å². The number of aromatic nitrogens is 3. The average Bonchev–Trinajstić information content (AvgIpc) is 3.06. The maximum absolute atomic E-state index is 12.6. The lowest BCUT2D eigenvalue weighted by Gasteiger charge is -2.48. The van der Waals surface area contributed by atoms with Crippen LogP contribution in [0.4, 0.5) is 0 Å². The van der Waals surface area contributed by atoms with Gasteiger partial charge < -0.3 is 9.64 Å². The number of carbonyl (C=O) groups excluding carboxylic acids is 1. The van der Waals surface area contributed by atoms with Crippen LogP contribution in [0.1, 0.15) is 23.3 Å². The minimum atomic E-state index is 0.0838. The summed E-state index contributed by atoms with van der Waals surface area (Å²) in [4.78, 5) is 21.2. The van der Waals surface area contributed by atoms with E-state index >= 15 is 0 Å². The third-order valence-electron chi connectivity index (χ3n) is 5.00. The van der Waals surface area contributed by atoms with E-state index in [9.17, 15) is 4.79 Å². The number of morpholine rings is 1. The number of rotatable bonds is 3. The monoisotopic (exact) mass is 341 g/mol. The first-order valence-electron chi connectivity index (χ1n) is 8.75. The number of benzene rings is 1. The summed E-state index contributed by atoms with van der Waals surface area (Å²) < 4.78 is 5.85. The Balaban J connectivity index is 1.42. The van der Waals surface area contributed by atoms with Crippen LogP contribution in [0.25, 0.3) is 0 Å². The van der Waals surface area contributed by atoms with Crippen LogP contribution in [-0.4, -0.2) is 69.8 Å². The van der Waals surface area contributed by atoms with Gasteiger partial charge in [0.2, 0.25) is 5.91 Å². The van der Waals surface area contributed by atoms with Crippen molar-refractivity contribution in [2.45, 2.75) is 25.4 Å². The first-order valence-corrected chi connectivity index (χ1v) is 8.75. The number of fused-ring (bicyclic) bond motifs is 1. The minimum absolute atomic E-state index is 0.0838. The van der Waals surface area contributed by atoms with Crippen molar-refractivity contribution in [3.63, 3.8) is 0 Å². The highest BCUT2D eigenvalue weighted by atomic mass is 16.5. The molecule has 0 saturated carbocycles. The normalized spacial score (nSPS) is 24.1. The van der Waals surface area contributed by atoms with Crippen molar-refractivity contribution in [2.75, 3.05) is 32.8 Å². The van der Waals surface area contributed by atoms with Gasteiger partial charge in [-0.05, 0) is 12.5 Å². The first-order chi connectivity index (χ1) is 12.2. The summed E-state index contributed by atoms with van der Waals surface area (Å²) in [6.07, 6.45) is 0.250. The number of hydrogen-bond acceptors (Lipinski definition) is 5. The van der Waals surface area contributed by atoms with E-state index in [-0.39, 0.29) is 24.4 Å². The van der Waals surface area contributed by atoms with Gasteiger partial charge in [-0.3, -0.25) is 14.8 Å². The predicted octanol–water partition coefficient (Wildman–Crippen LogP) is 0.940.